The fourth-order valence-electron chi connectivity index (χ4n) is 2.41. The highest BCUT2D eigenvalue weighted by molar-refractivity contribution is 6.31. The van der Waals surface area contributed by atoms with Crippen molar-refractivity contribution in [2.24, 2.45) is 0 Å². The third kappa shape index (κ3) is 3.84. The maximum Gasteiger partial charge on any atom is 0.256 e. The lowest BCUT2D eigenvalue weighted by molar-refractivity contribution is -0.0110. The Kier molecular flexibility index (Phi) is 5.39. The highest BCUT2D eigenvalue weighted by atomic mass is 35.5. The Morgan fingerprint density at radius 2 is 2.33 bits per heavy atom. The van der Waals surface area contributed by atoms with Crippen molar-refractivity contribution >= 4 is 23.2 Å². The van der Waals surface area contributed by atoms with Gasteiger partial charge in [0, 0.05) is 18.1 Å². The summed E-state index contributed by atoms with van der Waals surface area (Å²) < 4.78 is 19.0. The molecule has 1 saturated heterocycles. The van der Waals surface area contributed by atoms with Crippen LogP contribution < -0.4 is 5.73 Å². The van der Waals surface area contributed by atoms with E-state index in [4.69, 9.17) is 27.2 Å². The van der Waals surface area contributed by atoms with Gasteiger partial charge in [0.25, 0.3) is 5.91 Å². The van der Waals surface area contributed by atoms with E-state index in [1.807, 2.05) is 0 Å². The zero-order valence-electron chi connectivity index (χ0n) is 11.5. The molecule has 1 heterocycles. The minimum absolute atomic E-state index is 0.0586. The van der Waals surface area contributed by atoms with Gasteiger partial charge in [-0.05, 0) is 25.0 Å². The van der Waals surface area contributed by atoms with Gasteiger partial charge in [-0.3, -0.25) is 4.79 Å². The molecule has 1 fully saturated rings. The molecule has 1 aliphatic rings. The molecule has 0 aromatic heterocycles. The zero-order chi connectivity index (χ0) is 15.4. The summed E-state index contributed by atoms with van der Waals surface area (Å²) in [4.78, 5) is 14.0. The van der Waals surface area contributed by atoms with Gasteiger partial charge in [0.05, 0.1) is 30.6 Å². The number of nitrogen functional groups attached to an aromatic ring is 1. The molecular weight excluding hydrogens is 299 g/mol. The fourth-order valence-corrected chi connectivity index (χ4v) is 2.62. The third-order valence-electron chi connectivity index (χ3n) is 3.43. The molecule has 0 bridgehead atoms. The number of hydrogen-bond acceptors (Lipinski definition) is 4. The number of carbonyl (C=O) groups is 1. The van der Waals surface area contributed by atoms with Crippen LogP contribution in [-0.4, -0.2) is 48.3 Å². The number of ether oxygens (including phenoxy) is 1. The van der Waals surface area contributed by atoms with Crippen LogP contribution in [-0.2, 0) is 4.74 Å². The van der Waals surface area contributed by atoms with Crippen LogP contribution >= 0.6 is 11.6 Å². The topological polar surface area (TPSA) is 75.8 Å². The summed E-state index contributed by atoms with van der Waals surface area (Å²) in [5, 5.41) is 8.90. The minimum Gasteiger partial charge on any atom is -0.396 e. The van der Waals surface area contributed by atoms with Gasteiger partial charge < -0.3 is 20.5 Å². The largest absolute Gasteiger partial charge is 0.396 e. The number of piperidine rings is 1. The monoisotopic (exact) mass is 316 g/mol. The Hall–Kier alpha value is -1.37. The predicted octanol–water partition coefficient (Wildman–Crippen LogP) is 1.67. The second-order valence-electron chi connectivity index (χ2n) is 4.96. The predicted molar refractivity (Wildman–Crippen MR) is 77.8 cm³/mol. The number of anilines is 1. The van der Waals surface area contributed by atoms with Gasteiger partial charge in [-0.25, -0.2) is 4.39 Å². The van der Waals surface area contributed by atoms with E-state index in [-0.39, 0.29) is 41.5 Å². The van der Waals surface area contributed by atoms with E-state index in [2.05, 4.69) is 0 Å². The van der Waals surface area contributed by atoms with Crippen LogP contribution in [0.15, 0.2) is 12.1 Å². The Labute approximate surface area is 127 Å². The molecule has 21 heavy (non-hydrogen) atoms. The van der Waals surface area contributed by atoms with Crippen molar-refractivity contribution in [2.75, 3.05) is 32.0 Å². The SMILES string of the molecule is Nc1c(F)cc(Cl)cc1C(=O)N1CCCC(OCCO)C1. The Morgan fingerprint density at radius 3 is 3.05 bits per heavy atom. The fraction of sp³-hybridized carbons (Fsp3) is 0.500. The Bertz CT molecular complexity index is 527. The van der Waals surface area contributed by atoms with Gasteiger partial charge in [-0.1, -0.05) is 11.6 Å². The van der Waals surface area contributed by atoms with E-state index in [1.165, 1.54) is 6.07 Å². The number of carbonyl (C=O) groups excluding carboxylic acids is 1. The first kappa shape index (κ1) is 16.0. The van der Waals surface area contributed by atoms with Crippen LogP contribution in [0.1, 0.15) is 23.2 Å². The highest BCUT2D eigenvalue weighted by Crippen LogP contribution is 2.25. The first-order chi connectivity index (χ1) is 10.0. The number of rotatable bonds is 4. The molecule has 1 aromatic carbocycles. The van der Waals surface area contributed by atoms with E-state index in [0.29, 0.717) is 13.1 Å². The molecule has 0 aliphatic carbocycles. The quantitative estimate of drug-likeness (QED) is 0.829. The number of amides is 1. The van der Waals surface area contributed by atoms with Crippen LogP contribution in [0.25, 0.3) is 0 Å². The first-order valence-corrected chi connectivity index (χ1v) is 7.17. The number of aliphatic hydroxyl groups excluding tert-OH is 1. The minimum atomic E-state index is -0.698. The molecule has 1 aromatic rings. The van der Waals surface area contributed by atoms with Gasteiger partial charge in [0.15, 0.2) is 0 Å². The molecule has 1 unspecified atom stereocenters. The molecule has 0 spiro atoms. The maximum absolute atomic E-state index is 13.6. The summed E-state index contributed by atoms with van der Waals surface area (Å²) in [6.45, 7) is 1.13. The molecule has 2 rings (SSSR count). The Morgan fingerprint density at radius 1 is 1.57 bits per heavy atom. The van der Waals surface area contributed by atoms with Crippen molar-refractivity contribution in [3.05, 3.63) is 28.5 Å². The molecule has 0 saturated carbocycles. The molecule has 3 N–H and O–H groups in total. The number of aliphatic hydroxyl groups is 1. The van der Waals surface area contributed by atoms with Crippen LogP contribution in [0.2, 0.25) is 5.02 Å². The van der Waals surface area contributed by atoms with Gasteiger partial charge in [0.2, 0.25) is 0 Å². The molecular formula is C14H18ClFN2O3. The van der Waals surface area contributed by atoms with Gasteiger partial charge in [-0.15, -0.1) is 0 Å². The zero-order valence-corrected chi connectivity index (χ0v) is 12.3. The molecule has 0 radical (unpaired) electrons. The standard InChI is InChI=1S/C14H18ClFN2O3/c15-9-6-11(13(17)12(16)7-9)14(20)18-3-1-2-10(8-18)21-5-4-19/h6-7,10,19H,1-5,8,17H2. The van der Waals surface area contributed by atoms with E-state index in [0.717, 1.165) is 18.9 Å². The number of hydrogen-bond donors (Lipinski definition) is 2. The second-order valence-corrected chi connectivity index (χ2v) is 5.40. The van der Waals surface area contributed by atoms with E-state index in [9.17, 15) is 9.18 Å². The summed E-state index contributed by atoms with van der Waals surface area (Å²) in [6.07, 6.45) is 1.48. The Balaban J connectivity index is 2.12. The summed E-state index contributed by atoms with van der Waals surface area (Å²) in [5.41, 5.74) is 5.51. The first-order valence-electron chi connectivity index (χ1n) is 6.79. The number of likely N-dealkylation sites (tertiary alicyclic amines) is 1. The summed E-state index contributed by atoms with van der Waals surface area (Å²) in [5.74, 6) is -1.05. The lowest BCUT2D eigenvalue weighted by Crippen LogP contribution is -2.43. The third-order valence-corrected chi connectivity index (χ3v) is 3.65. The van der Waals surface area contributed by atoms with Crippen LogP contribution in [0.4, 0.5) is 10.1 Å². The summed E-state index contributed by atoms with van der Waals surface area (Å²) in [7, 11) is 0. The van der Waals surface area contributed by atoms with E-state index < -0.39 is 5.82 Å². The van der Waals surface area contributed by atoms with Gasteiger partial charge in [-0.2, -0.15) is 0 Å². The van der Waals surface area contributed by atoms with Crippen molar-refractivity contribution < 1.29 is 19.0 Å². The van der Waals surface area contributed by atoms with Crippen LogP contribution in [0.3, 0.4) is 0 Å². The number of halogens is 2. The van der Waals surface area contributed by atoms with Crippen molar-refractivity contribution in [3.63, 3.8) is 0 Å². The number of benzene rings is 1. The molecule has 1 aliphatic heterocycles. The number of nitrogens with two attached hydrogens (primary N) is 1. The van der Waals surface area contributed by atoms with Crippen molar-refractivity contribution in [2.45, 2.75) is 18.9 Å². The maximum atomic E-state index is 13.6. The molecule has 116 valence electrons. The molecule has 1 atom stereocenters. The van der Waals surface area contributed by atoms with Crippen molar-refractivity contribution in [1.82, 2.24) is 4.90 Å². The molecule has 7 heteroatoms. The lowest BCUT2D eigenvalue weighted by atomic mass is 10.1. The summed E-state index contributed by atoms with van der Waals surface area (Å²) >= 11 is 5.78. The normalized spacial score (nSPS) is 18.8. The van der Waals surface area contributed by atoms with E-state index >= 15 is 0 Å². The average molecular weight is 317 g/mol. The second kappa shape index (κ2) is 7.06. The van der Waals surface area contributed by atoms with Crippen molar-refractivity contribution in [1.29, 1.82) is 0 Å². The van der Waals surface area contributed by atoms with Crippen molar-refractivity contribution in [3.8, 4) is 0 Å². The highest BCUT2D eigenvalue weighted by Gasteiger charge is 2.27. The van der Waals surface area contributed by atoms with Gasteiger partial charge >= 0.3 is 0 Å². The summed E-state index contributed by atoms with van der Waals surface area (Å²) in [6, 6.07) is 2.46. The lowest BCUT2D eigenvalue weighted by Gasteiger charge is -2.33. The molecule has 1 amide bonds. The number of nitrogens with zero attached hydrogens (tertiary/aromatic N) is 1. The van der Waals surface area contributed by atoms with Gasteiger partial charge in [0.1, 0.15) is 5.82 Å². The van der Waals surface area contributed by atoms with Crippen LogP contribution in [0.5, 0.6) is 0 Å². The average Bonchev–Trinajstić information content (AvgIpc) is 2.48. The van der Waals surface area contributed by atoms with Crippen LogP contribution in [0, 0.1) is 5.82 Å². The molecule has 5 nitrogen and oxygen atoms in total. The smallest absolute Gasteiger partial charge is 0.256 e. The van der Waals surface area contributed by atoms with E-state index in [1.54, 1.807) is 4.90 Å².